The number of nitrogens with one attached hydrogen (secondary N) is 1. The fourth-order valence-electron chi connectivity index (χ4n) is 1.41. The van der Waals surface area contributed by atoms with Gasteiger partial charge in [0.25, 0.3) is 5.56 Å². The highest BCUT2D eigenvalue weighted by Crippen LogP contribution is 2.10. The van der Waals surface area contributed by atoms with E-state index in [1.54, 1.807) is 31.1 Å². The molecule has 6 heteroatoms. The van der Waals surface area contributed by atoms with Crippen molar-refractivity contribution in [3.63, 3.8) is 0 Å². The molecule has 1 aromatic heterocycles. The van der Waals surface area contributed by atoms with Gasteiger partial charge < -0.3 is 14.6 Å². The molecule has 0 aliphatic heterocycles. The number of thioether (sulfide) groups is 1. The highest BCUT2D eigenvalue weighted by Gasteiger charge is 2.05. The highest BCUT2D eigenvalue weighted by molar-refractivity contribution is 8.00. The Bertz CT molecular complexity index is 471. The summed E-state index contributed by atoms with van der Waals surface area (Å²) in [5.74, 6) is 0.352. The zero-order valence-electron chi connectivity index (χ0n) is 11.5. The topological polar surface area (TPSA) is 60.3 Å². The molecule has 0 aromatic carbocycles. The lowest BCUT2D eigenvalue weighted by atomic mass is 10.4. The summed E-state index contributed by atoms with van der Waals surface area (Å²) in [6, 6.07) is 3.06. The number of anilines is 1. The van der Waals surface area contributed by atoms with Crippen molar-refractivity contribution in [2.24, 2.45) is 0 Å². The van der Waals surface area contributed by atoms with Crippen LogP contribution in [0.5, 0.6) is 0 Å². The molecule has 0 saturated carbocycles. The number of hydrogen-bond donors (Lipinski definition) is 1. The second kappa shape index (κ2) is 8.01. The van der Waals surface area contributed by atoms with Crippen molar-refractivity contribution >= 4 is 23.4 Å². The van der Waals surface area contributed by atoms with Gasteiger partial charge in [0.2, 0.25) is 5.91 Å². The quantitative estimate of drug-likeness (QED) is 0.826. The van der Waals surface area contributed by atoms with Gasteiger partial charge in [-0.25, -0.2) is 0 Å². The number of amides is 1. The lowest BCUT2D eigenvalue weighted by Crippen LogP contribution is -2.23. The molecule has 0 unspecified atom stereocenters. The molecule has 0 atom stereocenters. The van der Waals surface area contributed by atoms with Gasteiger partial charge in [-0.1, -0.05) is 13.8 Å². The predicted octanol–water partition coefficient (Wildman–Crippen LogP) is 1.57. The number of nitrogens with zero attached hydrogens (tertiary/aromatic N) is 1. The molecule has 0 aliphatic rings. The smallest absolute Gasteiger partial charge is 0.250 e. The second-order valence-corrected chi connectivity index (χ2v) is 5.91. The van der Waals surface area contributed by atoms with Crippen LogP contribution in [0.3, 0.4) is 0 Å². The van der Waals surface area contributed by atoms with Crippen molar-refractivity contribution in [1.82, 2.24) is 4.57 Å². The molecule has 0 fully saturated rings. The Balaban J connectivity index is 2.63. The Kier molecular flexibility index (Phi) is 6.66. The first-order chi connectivity index (χ1) is 9.02. The van der Waals surface area contributed by atoms with Crippen molar-refractivity contribution in [2.75, 3.05) is 24.8 Å². The molecular formula is C13H20N2O3S. The number of hydrogen-bond acceptors (Lipinski definition) is 4. The van der Waals surface area contributed by atoms with E-state index in [1.165, 1.54) is 10.6 Å². The molecule has 19 heavy (non-hydrogen) atoms. The summed E-state index contributed by atoms with van der Waals surface area (Å²) in [5, 5.41) is 3.20. The summed E-state index contributed by atoms with van der Waals surface area (Å²) in [6.07, 6.45) is 1.64. The average molecular weight is 284 g/mol. The monoisotopic (exact) mass is 284 g/mol. The molecule has 106 valence electrons. The Morgan fingerprint density at radius 1 is 1.47 bits per heavy atom. The van der Waals surface area contributed by atoms with E-state index in [1.807, 2.05) is 13.8 Å². The Morgan fingerprint density at radius 2 is 2.21 bits per heavy atom. The van der Waals surface area contributed by atoms with Crippen LogP contribution in [-0.4, -0.2) is 35.2 Å². The first-order valence-electron chi connectivity index (χ1n) is 6.14. The number of carbonyl (C=O) groups is 1. The number of ether oxygens (including phenoxy) is 1. The third-order valence-electron chi connectivity index (χ3n) is 2.35. The first-order valence-corrected chi connectivity index (χ1v) is 7.18. The Labute approximate surface area is 117 Å². The summed E-state index contributed by atoms with van der Waals surface area (Å²) in [5.41, 5.74) is 0.525. The third kappa shape index (κ3) is 5.94. The SMILES string of the molecule is COCCn1cc(NC(=O)CSC(C)C)ccc1=O. The van der Waals surface area contributed by atoms with E-state index in [9.17, 15) is 9.59 Å². The summed E-state index contributed by atoms with van der Waals surface area (Å²) in [4.78, 5) is 23.3. The largest absolute Gasteiger partial charge is 0.383 e. The molecule has 1 amide bonds. The molecule has 1 N–H and O–H groups in total. The van der Waals surface area contributed by atoms with Gasteiger partial charge in [0.15, 0.2) is 0 Å². The van der Waals surface area contributed by atoms with E-state index in [4.69, 9.17) is 4.74 Å². The second-order valence-electron chi connectivity index (χ2n) is 4.35. The molecule has 0 aliphatic carbocycles. The van der Waals surface area contributed by atoms with E-state index in [-0.39, 0.29) is 11.5 Å². The fraction of sp³-hybridized carbons (Fsp3) is 0.538. The van der Waals surface area contributed by atoms with Gasteiger partial charge in [0.05, 0.1) is 18.0 Å². The summed E-state index contributed by atoms with van der Waals surface area (Å²) in [7, 11) is 1.58. The first kappa shape index (κ1) is 15.8. The lowest BCUT2D eigenvalue weighted by molar-refractivity contribution is -0.113. The normalized spacial score (nSPS) is 10.7. The van der Waals surface area contributed by atoms with Gasteiger partial charge in [0.1, 0.15) is 0 Å². The minimum absolute atomic E-state index is 0.0596. The van der Waals surface area contributed by atoms with Gasteiger partial charge in [-0.05, 0) is 11.3 Å². The molecule has 0 radical (unpaired) electrons. The predicted molar refractivity (Wildman–Crippen MR) is 78.8 cm³/mol. The molecule has 0 spiro atoms. The highest BCUT2D eigenvalue weighted by atomic mass is 32.2. The van der Waals surface area contributed by atoms with E-state index >= 15 is 0 Å². The third-order valence-corrected chi connectivity index (χ3v) is 3.45. The minimum Gasteiger partial charge on any atom is -0.383 e. The van der Waals surface area contributed by atoms with Crippen LogP contribution in [0.2, 0.25) is 0 Å². The fourth-order valence-corrected chi connectivity index (χ4v) is 1.97. The van der Waals surface area contributed by atoms with Gasteiger partial charge in [-0.15, -0.1) is 11.8 Å². The van der Waals surface area contributed by atoms with E-state index in [2.05, 4.69) is 5.32 Å². The summed E-state index contributed by atoms with van der Waals surface area (Å²) < 4.78 is 6.46. The van der Waals surface area contributed by atoms with Gasteiger partial charge >= 0.3 is 0 Å². The number of methoxy groups -OCH3 is 1. The molecule has 1 heterocycles. The van der Waals surface area contributed by atoms with Crippen LogP contribution in [0, 0.1) is 0 Å². The maximum atomic E-state index is 11.7. The molecular weight excluding hydrogens is 264 g/mol. The van der Waals surface area contributed by atoms with Crippen molar-refractivity contribution in [3.8, 4) is 0 Å². The molecule has 1 aromatic rings. The van der Waals surface area contributed by atoms with Crippen LogP contribution in [0.4, 0.5) is 5.69 Å². The molecule has 1 rings (SSSR count). The zero-order valence-corrected chi connectivity index (χ0v) is 12.3. The Morgan fingerprint density at radius 3 is 2.84 bits per heavy atom. The van der Waals surface area contributed by atoms with E-state index in [0.29, 0.717) is 29.8 Å². The average Bonchev–Trinajstić information content (AvgIpc) is 2.37. The number of carbonyl (C=O) groups excluding carboxylic acids is 1. The van der Waals surface area contributed by atoms with E-state index in [0.717, 1.165) is 0 Å². The lowest BCUT2D eigenvalue weighted by Gasteiger charge is -2.09. The summed E-state index contributed by atoms with van der Waals surface area (Å²) >= 11 is 1.58. The molecule has 0 saturated heterocycles. The molecule has 5 nitrogen and oxygen atoms in total. The maximum Gasteiger partial charge on any atom is 0.250 e. The van der Waals surface area contributed by atoms with Crippen molar-refractivity contribution in [3.05, 3.63) is 28.7 Å². The van der Waals surface area contributed by atoms with Crippen LogP contribution < -0.4 is 10.9 Å². The van der Waals surface area contributed by atoms with Crippen molar-refractivity contribution in [1.29, 1.82) is 0 Å². The van der Waals surface area contributed by atoms with Crippen LogP contribution in [0.25, 0.3) is 0 Å². The number of rotatable bonds is 7. The number of pyridine rings is 1. The maximum absolute atomic E-state index is 11.7. The number of aromatic nitrogens is 1. The molecule has 0 bridgehead atoms. The van der Waals surface area contributed by atoms with Crippen LogP contribution >= 0.6 is 11.8 Å². The summed E-state index contributed by atoms with van der Waals surface area (Å²) in [6.45, 7) is 5.02. The van der Waals surface area contributed by atoms with Crippen molar-refractivity contribution in [2.45, 2.75) is 25.6 Å². The van der Waals surface area contributed by atoms with E-state index < -0.39 is 0 Å². The minimum atomic E-state index is -0.105. The van der Waals surface area contributed by atoms with Gasteiger partial charge in [-0.3, -0.25) is 9.59 Å². The Hall–Kier alpha value is -1.27. The van der Waals surface area contributed by atoms with Gasteiger partial charge in [-0.2, -0.15) is 0 Å². The van der Waals surface area contributed by atoms with Crippen LogP contribution in [0.1, 0.15) is 13.8 Å². The van der Waals surface area contributed by atoms with Crippen molar-refractivity contribution < 1.29 is 9.53 Å². The van der Waals surface area contributed by atoms with Gasteiger partial charge in [0, 0.05) is 25.9 Å². The van der Waals surface area contributed by atoms with Crippen LogP contribution in [0.15, 0.2) is 23.1 Å². The van der Waals surface area contributed by atoms with Crippen LogP contribution in [-0.2, 0) is 16.1 Å². The zero-order chi connectivity index (χ0) is 14.3. The standard InChI is InChI=1S/C13H20N2O3S/c1-10(2)19-9-12(16)14-11-4-5-13(17)15(8-11)6-7-18-3/h4-5,8,10H,6-7,9H2,1-3H3,(H,14,16).